The quantitative estimate of drug-likeness (QED) is 0.674. The van der Waals surface area contributed by atoms with Crippen LogP contribution in [0.3, 0.4) is 0 Å². The molecule has 2 heterocycles. The summed E-state index contributed by atoms with van der Waals surface area (Å²) in [4.78, 5) is 29.0. The van der Waals surface area contributed by atoms with Gasteiger partial charge in [-0.05, 0) is 32.1 Å². The monoisotopic (exact) mass is 390 g/mol. The fraction of sp³-hybridized carbons (Fsp3) is 0.579. The number of nitrogens with two attached hydrogens (primary N) is 1. The molecule has 3 fully saturated rings. The number of aromatic amines is 1. The second kappa shape index (κ2) is 5.73. The van der Waals surface area contributed by atoms with Gasteiger partial charge in [-0.15, -0.1) is 0 Å². The summed E-state index contributed by atoms with van der Waals surface area (Å²) in [6, 6.07) is -0.0584. The molecule has 3 aliphatic rings. The van der Waals surface area contributed by atoms with Crippen LogP contribution in [0.5, 0.6) is 5.75 Å². The Kier molecular flexibility index (Phi) is 3.59. The lowest BCUT2D eigenvalue weighted by molar-refractivity contribution is 0.0922. The van der Waals surface area contributed by atoms with Crippen molar-refractivity contribution in [2.75, 3.05) is 30.8 Å². The molecule has 1 saturated heterocycles. The standard InChI is InChI=1S/C19H23FN4O4/c1-28-16-14-11(17(25)22-18(26)24(14)10-2-3-10)13(21)12(20)15(16)23-7-4-9(8-23)19(27)5-6-19/h9-10,27H,2-8,21H2,1H3,(H,22,25,26). The lowest BCUT2D eigenvalue weighted by Gasteiger charge is -2.26. The Bertz CT molecular complexity index is 1100. The van der Waals surface area contributed by atoms with E-state index in [1.165, 1.54) is 11.7 Å². The van der Waals surface area contributed by atoms with Crippen LogP contribution >= 0.6 is 0 Å². The van der Waals surface area contributed by atoms with Crippen molar-refractivity contribution in [1.82, 2.24) is 9.55 Å². The molecule has 2 aliphatic carbocycles. The van der Waals surface area contributed by atoms with E-state index in [4.69, 9.17) is 10.5 Å². The number of aliphatic hydroxyl groups is 1. The molecule has 28 heavy (non-hydrogen) atoms. The molecule has 1 aromatic heterocycles. The zero-order valence-electron chi connectivity index (χ0n) is 15.6. The highest BCUT2D eigenvalue weighted by atomic mass is 19.1. The molecule has 1 atom stereocenters. The number of halogens is 1. The summed E-state index contributed by atoms with van der Waals surface area (Å²) >= 11 is 0. The molecule has 4 N–H and O–H groups in total. The van der Waals surface area contributed by atoms with Crippen molar-refractivity contribution >= 4 is 22.3 Å². The third-order valence-electron chi connectivity index (χ3n) is 6.43. The van der Waals surface area contributed by atoms with Crippen molar-refractivity contribution in [1.29, 1.82) is 0 Å². The lowest BCUT2D eigenvalue weighted by atomic mass is 10.00. The van der Waals surface area contributed by atoms with Gasteiger partial charge in [-0.2, -0.15) is 0 Å². The van der Waals surface area contributed by atoms with E-state index in [9.17, 15) is 14.7 Å². The summed E-state index contributed by atoms with van der Waals surface area (Å²) in [5.41, 5.74) is 4.26. The van der Waals surface area contributed by atoms with Crippen molar-refractivity contribution < 1.29 is 14.2 Å². The van der Waals surface area contributed by atoms with E-state index in [0.29, 0.717) is 13.1 Å². The molecule has 5 rings (SSSR count). The summed E-state index contributed by atoms with van der Waals surface area (Å²) < 4.78 is 22.4. The van der Waals surface area contributed by atoms with Crippen molar-refractivity contribution in [3.8, 4) is 5.75 Å². The molecule has 0 spiro atoms. The number of hydrogen-bond donors (Lipinski definition) is 3. The number of fused-ring (bicyclic) bond motifs is 1. The van der Waals surface area contributed by atoms with Crippen molar-refractivity contribution in [3.63, 3.8) is 0 Å². The largest absolute Gasteiger partial charge is 0.492 e. The van der Waals surface area contributed by atoms with Gasteiger partial charge in [-0.1, -0.05) is 0 Å². The van der Waals surface area contributed by atoms with Gasteiger partial charge in [-0.3, -0.25) is 14.3 Å². The van der Waals surface area contributed by atoms with E-state index in [0.717, 1.165) is 32.1 Å². The van der Waals surface area contributed by atoms with E-state index >= 15 is 4.39 Å². The Hall–Kier alpha value is -2.55. The minimum Gasteiger partial charge on any atom is -0.492 e. The van der Waals surface area contributed by atoms with Gasteiger partial charge in [0.2, 0.25) is 0 Å². The van der Waals surface area contributed by atoms with Crippen LogP contribution in [0.25, 0.3) is 10.9 Å². The van der Waals surface area contributed by atoms with Gasteiger partial charge in [0.1, 0.15) is 11.2 Å². The Labute approximate surface area is 159 Å². The van der Waals surface area contributed by atoms with Crippen LogP contribution in [-0.2, 0) is 0 Å². The molecule has 0 amide bonds. The predicted octanol–water partition coefficient (Wildman–Crippen LogP) is 1.11. The summed E-state index contributed by atoms with van der Waals surface area (Å²) in [6.45, 7) is 1.02. The third-order valence-corrected chi connectivity index (χ3v) is 6.43. The first-order valence-electron chi connectivity index (χ1n) is 9.66. The fourth-order valence-electron chi connectivity index (χ4n) is 4.57. The van der Waals surface area contributed by atoms with Gasteiger partial charge in [0, 0.05) is 25.0 Å². The van der Waals surface area contributed by atoms with Gasteiger partial charge < -0.3 is 20.5 Å². The number of nitrogens with zero attached hydrogens (tertiary/aromatic N) is 2. The SMILES string of the molecule is COc1c(N2CCC(C3(O)CC3)C2)c(F)c(N)c2c(=O)[nH]c(=O)n(C3CC3)c12. The van der Waals surface area contributed by atoms with E-state index in [2.05, 4.69) is 4.98 Å². The van der Waals surface area contributed by atoms with Crippen LogP contribution in [0.2, 0.25) is 0 Å². The molecule has 9 heteroatoms. The fourth-order valence-corrected chi connectivity index (χ4v) is 4.57. The first-order chi connectivity index (χ1) is 13.4. The number of anilines is 2. The van der Waals surface area contributed by atoms with Crippen LogP contribution in [0.15, 0.2) is 9.59 Å². The van der Waals surface area contributed by atoms with Crippen LogP contribution in [0, 0.1) is 11.7 Å². The summed E-state index contributed by atoms with van der Waals surface area (Å²) in [5.74, 6) is -0.516. The zero-order valence-corrected chi connectivity index (χ0v) is 15.6. The molecule has 150 valence electrons. The average Bonchev–Trinajstić information content (AvgIpc) is 3.57. The van der Waals surface area contributed by atoms with Gasteiger partial charge in [-0.25, -0.2) is 9.18 Å². The van der Waals surface area contributed by atoms with Crippen LogP contribution in [0.4, 0.5) is 15.8 Å². The number of aromatic nitrogens is 2. The van der Waals surface area contributed by atoms with Gasteiger partial charge in [0.25, 0.3) is 5.56 Å². The molecule has 2 aromatic rings. The first kappa shape index (κ1) is 17.5. The second-order valence-electron chi connectivity index (χ2n) is 8.23. The highest BCUT2D eigenvalue weighted by Gasteiger charge is 2.50. The average molecular weight is 390 g/mol. The maximum atomic E-state index is 15.3. The smallest absolute Gasteiger partial charge is 0.329 e. The van der Waals surface area contributed by atoms with Crippen LogP contribution in [-0.4, -0.2) is 40.5 Å². The van der Waals surface area contributed by atoms with Crippen molar-refractivity contribution in [2.45, 2.75) is 43.7 Å². The number of ether oxygens (including phenoxy) is 1. The van der Waals surface area contributed by atoms with Crippen molar-refractivity contribution in [2.24, 2.45) is 5.92 Å². The van der Waals surface area contributed by atoms with E-state index in [1.807, 2.05) is 4.90 Å². The Balaban J connectivity index is 1.76. The third kappa shape index (κ3) is 2.38. The van der Waals surface area contributed by atoms with E-state index in [1.54, 1.807) is 0 Å². The normalized spacial score (nSPS) is 23.4. The highest BCUT2D eigenvalue weighted by Crippen LogP contribution is 2.50. The molecule has 1 aliphatic heterocycles. The molecule has 0 radical (unpaired) electrons. The summed E-state index contributed by atoms with van der Waals surface area (Å²) in [6.07, 6.45) is 3.87. The van der Waals surface area contributed by atoms with Gasteiger partial charge >= 0.3 is 5.69 Å². The molecular formula is C19H23FN4O4. The maximum Gasteiger partial charge on any atom is 0.329 e. The number of nitrogen functional groups attached to an aromatic ring is 1. The van der Waals surface area contributed by atoms with Gasteiger partial charge in [0.05, 0.1) is 23.8 Å². The van der Waals surface area contributed by atoms with Crippen molar-refractivity contribution in [3.05, 3.63) is 26.7 Å². The molecular weight excluding hydrogens is 367 g/mol. The van der Waals surface area contributed by atoms with E-state index in [-0.39, 0.29) is 40.0 Å². The Morgan fingerprint density at radius 2 is 2.00 bits per heavy atom. The minimum absolute atomic E-state index is 0.0540. The number of H-pyrrole nitrogens is 1. The topological polar surface area (TPSA) is 114 Å². The molecule has 0 bridgehead atoms. The van der Waals surface area contributed by atoms with Crippen LogP contribution < -0.4 is 26.6 Å². The van der Waals surface area contributed by atoms with E-state index < -0.39 is 22.7 Å². The Morgan fingerprint density at radius 1 is 1.29 bits per heavy atom. The lowest BCUT2D eigenvalue weighted by Crippen LogP contribution is -2.32. The zero-order chi connectivity index (χ0) is 19.8. The molecule has 1 unspecified atom stereocenters. The van der Waals surface area contributed by atoms with Crippen LogP contribution in [0.1, 0.15) is 38.1 Å². The maximum absolute atomic E-state index is 15.3. The number of nitrogens with one attached hydrogen (secondary N) is 1. The minimum atomic E-state index is -0.723. The number of benzene rings is 1. The number of hydrogen-bond acceptors (Lipinski definition) is 6. The number of rotatable bonds is 4. The van der Waals surface area contributed by atoms with Gasteiger partial charge in [0.15, 0.2) is 11.6 Å². The highest BCUT2D eigenvalue weighted by molar-refractivity contribution is 5.99. The molecule has 8 nitrogen and oxygen atoms in total. The summed E-state index contributed by atoms with van der Waals surface area (Å²) in [5, 5.41) is 10.4. The predicted molar refractivity (Wildman–Crippen MR) is 103 cm³/mol. The first-order valence-corrected chi connectivity index (χ1v) is 9.66. The Morgan fingerprint density at radius 3 is 2.61 bits per heavy atom. The number of methoxy groups -OCH3 is 1. The molecule has 1 aromatic carbocycles. The second-order valence-corrected chi connectivity index (χ2v) is 8.23. The molecule has 2 saturated carbocycles. The summed E-state index contributed by atoms with van der Waals surface area (Å²) in [7, 11) is 1.40.